The van der Waals surface area contributed by atoms with E-state index in [0.717, 1.165) is 22.3 Å². The molecule has 0 spiro atoms. The van der Waals surface area contributed by atoms with Gasteiger partial charge in [0.25, 0.3) is 0 Å². The lowest BCUT2D eigenvalue weighted by Crippen LogP contribution is -1.92. The van der Waals surface area contributed by atoms with Crippen LogP contribution in [0.15, 0.2) is 72.9 Å². The molecule has 1 aromatic rings. The third-order valence-electron chi connectivity index (χ3n) is 2.95. The smallest absolute Gasteiger partial charge is 0.126 e. The van der Waals surface area contributed by atoms with Crippen LogP contribution in [0.4, 0.5) is 4.39 Å². The molecule has 0 aliphatic carbocycles. The first-order chi connectivity index (χ1) is 9.51. The zero-order valence-corrected chi connectivity index (χ0v) is 12.4. The Morgan fingerprint density at radius 1 is 1.25 bits per heavy atom. The first kappa shape index (κ1) is 15.9. The summed E-state index contributed by atoms with van der Waals surface area (Å²) in [6.07, 6.45) is 9.57. The average molecular weight is 268 g/mol. The van der Waals surface area contributed by atoms with Crippen LogP contribution in [0.3, 0.4) is 0 Å². The second-order valence-electron chi connectivity index (χ2n) is 4.67. The third-order valence-corrected chi connectivity index (χ3v) is 2.95. The van der Waals surface area contributed by atoms with Gasteiger partial charge in [-0.1, -0.05) is 55.2 Å². The summed E-state index contributed by atoms with van der Waals surface area (Å²) >= 11 is 0. The maximum Gasteiger partial charge on any atom is 0.126 e. The van der Waals surface area contributed by atoms with Crippen molar-refractivity contribution in [1.29, 1.82) is 0 Å². The second kappa shape index (κ2) is 7.44. The number of allylic oxidation sites excluding steroid dienone is 8. The minimum atomic E-state index is -0.188. The Hall–Kier alpha value is -2.15. The van der Waals surface area contributed by atoms with Crippen molar-refractivity contribution >= 4 is 5.57 Å². The molecule has 0 fully saturated rings. The first-order valence-corrected chi connectivity index (χ1v) is 6.59. The maximum atomic E-state index is 13.4. The van der Waals surface area contributed by atoms with Crippen LogP contribution in [-0.4, -0.2) is 0 Å². The van der Waals surface area contributed by atoms with Gasteiger partial charge >= 0.3 is 0 Å². The van der Waals surface area contributed by atoms with Crippen LogP contribution in [0.1, 0.15) is 25.0 Å². The van der Waals surface area contributed by atoms with Gasteiger partial charge in [0.1, 0.15) is 5.82 Å². The number of aryl methyl sites for hydroxylation is 1. The largest absolute Gasteiger partial charge is 0.207 e. The zero-order chi connectivity index (χ0) is 15.1. The first-order valence-electron chi connectivity index (χ1n) is 6.59. The predicted molar refractivity (Wildman–Crippen MR) is 87.0 cm³/mol. The highest BCUT2D eigenvalue weighted by molar-refractivity contribution is 5.81. The van der Waals surface area contributed by atoms with Crippen LogP contribution < -0.4 is 0 Å². The lowest BCUT2D eigenvalue weighted by molar-refractivity contribution is 0.618. The molecule has 0 heterocycles. The van der Waals surface area contributed by atoms with Crippen LogP contribution in [0.25, 0.3) is 5.57 Å². The van der Waals surface area contributed by atoms with Crippen molar-refractivity contribution in [2.24, 2.45) is 0 Å². The van der Waals surface area contributed by atoms with E-state index in [1.807, 2.05) is 44.2 Å². The lowest BCUT2D eigenvalue weighted by atomic mass is 9.94. The highest BCUT2D eigenvalue weighted by Gasteiger charge is 2.07. The van der Waals surface area contributed by atoms with Gasteiger partial charge in [0.2, 0.25) is 0 Å². The number of benzene rings is 1. The summed E-state index contributed by atoms with van der Waals surface area (Å²) in [5.74, 6) is -0.188. The van der Waals surface area contributed by atoms with E-state index < -0.39 is 0 Å². The molecule has 1 aromatic carbocycles. The SMILES string of the molecule is C=C/C=C\C(C(=C)C)=C(\C=CC)c1ccc(F)c(C)c1. The molecule has 0 saturated carbocycles. The summed E-state index contributed by atoms with van der Waals surface area (Å²) in [6.45, 7) is 13.4. The molecule has 0 amide bonds. The Kier molecular flexibility index (Phi) is 5.92. The summed E-state index contributed by atoms with van der Waals surface area (Å²) in [5, 5.41) is 0. The molecule has 0 aliphatic rings. The van der Waals surface area contributed by atoms with Gasteiger partial charge in [-0.15, -0.1) is 0 Å². The molecular formula is C19H21F. The minimum absolute atomic E-state index is 0.188. The molecule has 0 radical (unpaired) electrons. The molecule has 0 atom stereocenters. The number of hydrogen-bond acceptors (Lipinski definition) is 0. The van der Waals surface area contributed by atoms with Crippen molar-refractivity contribution in [2.45, 2.75) is 20.8 Å². The van der Waals surface area contributed by atoms with E-state index >= 15 is 0 Å². The molecular weight excluding hydrogens is 247 g/mol. The molecule has 0 aromatic heterocycles. The fraction of sp³-hybridized carbons (Fsp3) is 0.158. The van der Waals surface area contributed by atoms with E-state index in [1.54, 1.807) is 19.1 Å². The van der Waals surface area contributed by atoms with Gasteiger partial charge in [0.05, 0.1) is 0 Å². The molecule has 0 bridgehead atoms. The van der Waals surface area contributed by atoms with Crippen LogP contribution in [0, 0.1) is 12.7 Å². The van der Waals surface area contributed by atoms with Gasteiger partial charge in [-0.25, -0.2) is 4.39 Å². The van der Waals surface area contributed by atoms with Gasteiger partial charge < -0.3 is 0 Å². The van der Waals surface area contributed by atoms with Crippen molar-refractivity contribution in [1.82, 2.24) is 0 Å². The monoisotopic (exact) mass is 268 g/mol. The molecule has 1 rings (SSSR count). The van der Waals surface area contributed by atoms with Gasteiger partial charge in [0.15, 0.2) is 0 Å². The highest BCUT2D eigenvalue weighted by Crippen LogP contribution is 2.27. The molecule has 0 saturated heterocycles. The fourth-order valence-electron chi connectivity index (χ4n) is 1.95. The van der Waals surface area contributed by atoms with Gasteiger partial charge in [0, 0.05) is 0 Å². The molecule has 104 valence electrons. The van der Waals surface area contributed by atoms with Crippen molar-refractivity contribution < 1.29 is 4.39 Å². The predicted octanol–water partition coefficient (Wildman–Crippen LogP) is 5.78. The third kappa shape index (κ3) is 3.92. The summed E-state index contributed by atoms with van der Waals surface area (Å²) in [6, 6.07) is 5.15. The van der Waals surface area contributed by atoms with Gasteiger partial charge in [-0.2, -0.15) is 0 Å². The second-order valence-corrected chi connectivity index (χ2v) is 4.67. The Morgan fingerprint density at radius 3 is 2.45 bits per heavy atom. The lowest BCUT2D eigenvalue weighted by Gasteiger charge is -2.11. The van der Waals surface area contributed by atoms with E-state index in [-0.39, 0.29) is 5.82 Å². The normalized spacial score (nSPS) is 12.8. The Labute approximate surface area is 121 Å². The summed E-state index contributed by atoms with van der Waals surface area (Å²) < 4.78 is 13.4. The van der Waals surface area contributed by atoms with Crippen molar-refractivity contribution in [3.63, 3.8) is 0 Å². The Morgan fingerprint density at radius 2 is 1.95 bits per heavy atom. The number of halogens is 1. The minimum Gasteiger partial charge on any atom is -0.207 e. The standard InChI is InChI=1S/C19H21F/c1-6-8-10-17(14(3)4)18(9-7-2)16-11-12-19(20)15(5)13-16/h6-13H,1,3H2,2,4-5H3/b9-7?,10-8-,18-17+. The topological polar surface area (TPSA) is 0 Å². The Balaban J connectivity index is 3.54. The maximum absolute atomic E-state index is 13.4. The van der Waals surface area contributed by atoms with E-state index in [9.17, 15) is 4.39 Å². The van der Waals surface area contributed by atoms with E-state index in [1.165, 1.54) is 6.07 Å². The fourth-order valence-corrected chi connectivity index (χ4v) is 1.95. The van der Waals surface area contributed by atoms with E-state index in [0.29, 0.717) is 5.56 Å². The van der Waals surface area contributed by atoms with Crippen LogP contribution >= 0.6 is 0 Å². The van der Waals surface area contributed by atoms with Gasteiger partial charge in [-0.3, -0.25) is 0 Å². The molecule has 20 heavy (non-hydrogen) atoms. The van der Waals surface area contributed by atoms with Crippen LogP contribution in [0.5, 0.6) is 0 Å². The highest BCUT2D eigenvalue weighted by atomic mass is 19.1. The van der Waals surface area contributed by atoms with Crippen LogP contribution in [0.2, 0.25) is 0 Å². The van der Waals surface area contributed by atoms with Gasteiger partial charge in [-0.05, 0) is 55.2 Å². The molecule has 0 unspecified atom stereocenters. The summed E-state index contributed by atoms with van der Waals surface area (Å²) in [7, 11) is 0. The van der Waals surface area contributed by atoms with Crippen molar-refractivity contribution in [3.05, 3.63) is 89.8 Å². The molecule has 0 aliphatic heterocycles. The number of rotatable bonds is 5. The zero-order valence-electron chi connectivity index (χ0n) is 12.4. The summed E-state index contributed by atoms with van der Waals surface area (Å²) in [4.78, 5) is 0. The number of hydrogen-bond donors (Lipinski definition) is 0. The quantitative estimate of drug-likeness (QED) is 0.593. The molecule has 0 nitrogen and oxygen atoms in total. The van der Waals surface area contributed by atoms with Crippen LogP contribution in [-0.2, 0) is 0 Å². The molecule has 1 heteroatoms. The van der Waals surface area contributed by atoms with E-state index in [2.05, 4.69) is 13.2 Å². The summed E-state index contributed by atoms with van der Waals surface area (Å²) in [5.41, 5.74) is 4.63. The van der Waals surface area contributed by atoms with Crippen molar-refractivity contribution in [2.75, 3.05) is 0 Å². The molecule has 0 N–H and O–H groups in total. The Bertz CT molecular complexity index is 598. The van der Waals surface area contributed by atoms with E-state index in [4.69, 9.17) is 0 Å². The average Bonchev–Trinajstić information content (AvgIpc) is 2.41. The van der Waals surface area contributed by atoms with Crippen molar-refractivity contribution in [3.8, 4) is 0 Å².